The van der Waals surface area contributed by atoms with Gasteiger partial charge >= 0.3 is 11.6 Å². The molecule has 1 aliphatic rings. The Morgan fingerprint density at radius 2 is 1.69 bits per heavy atom. The summed E-state index contributed by atoms with van der Waals surface area (Å²) in [5.74, 6) is 0. The average Bonchev–Trinajstić information content (AvgIpc) is 2.43. The van der Waals surface area contributed by atoms with Crippen LogP contribution in [0.4, 0.5) is 18.0 Å². The van der Waals surface area contributed by atoms with E-state index in [0.717, 1.165) is 12.1 Å². The van der Waals surface area contributed by atoms with Crippen LogP contribution >= 0.6 is 0 Å². The molecule has 1 saturated heterocycles. The van der Waals surface area contributed by atoms with E-state index in [1.54, 1.807) is 20.8 Å². The molecule has 0 atom stereocenters. The number of alkyl halides is 3. The number of likely N-dealkylation sites (tertiary alicyclic amines) is 1. The van der Waals surface area contributed by atoms with E-state index in [1.807, 2.05) is 0 Å². The summed E-state index contributed by atoms with van der Waals surface area (Å²) in [7, 11) is -5.35. The Kier molecular flexibility index (Phi) is 5.57. The van der Waals surface area contributed by atoms with Gasteiger partial charge in [0, 0.05) is 0 Å². The number of hydrogen-bond donors (Lipinski definition) is 0. The number of ether oxygens (including phenoxy) is 2. The minimum atomic E-state index is -5.35. The fourth-order valence-corrected chi connectivity index (χ4v) is 2.89. The first-order valence-electron chi connectivity index (χ1n) is 7.79. The highest BCUT2D eigenvalue weighted by Crippen LogP contribution is 2.30. The number of nitrogens with zero attached hydrogens (tertiary/aromatic N) is 1. The second-order valence-electron chi connectivity index (χ2n) is 6.91. The quantitative estimate of drug-likeness (QED) is 0.783. The third-order valence-corrected chi connectivity index (χ3v) is 5.03. The van der Waals surface area contributed by atoms with E-state index in [1.165, 1.54) is 17.0 Å². The van der Waals surface area contributed by atoms with Gasteiger partial charge in [0.2, 0.25) is 0 Å². The van der Waals surface area contributed by atoms with Crippen molar-refractivity contribution < 1.29 is 35.9 Å². The number of halogens is 3. The Morgan fingerprint density at radius 1 is 1.15 bits per heavy atom. The standard InChI is InChI=1S/C16H20F3NO5S/c1-15(2,3)25-14(21)20-8-12(9-20)24-10-11-4-6-13(7-5-11)26(22,23)16(17,18)19/h4-7,12H,8-10H2,1-3H3. The summed E-state index contributed by atoms with van der Waals surface area (Å²) in [6.07, 6.45) is -0.639. The number of sulfone groups is 1. The zero-order valence-electron chi connectivity index (χ0n) is 14.5. The van der Waals surface area contributed by atoms with Crippen molar-refractivity contribution in [3.8, 4) is 0 Å². The zero-order valence-corrected chi connectivity index (χ0v) is 15.4. The van der Waals surface area contributed by atoms with Gasteiger partial charge in [-0.1, -0.05) is 12.1 Å². The van der Waals surface area contributed by atoms with Crippen molar-refractivity contribution in [2.75, 3.05) is 13.1 Å². The normalized spacial score (nSPS) is 16.3. The van der Waals surface area contributed by atoms with Crippen LogP contribution in [0, 0.1) is 0 Å². The third kappa shape index (κ3) is 4.88. The Bertz CT molecular complexity index is 748. The highest BCUT2D eigenvalue weighted by atomic mass is 32.2. The van der Waals surface area contributed by atoms with E-state index in [0.29, 0.717) is 18.7 Å². The summed E-state index contributed by atoms with van der Waals surface area (Å²) in [6.45, 7) is 6.11. The van der Waals surface area contributed by atoms with Crippen molar-refractivity contribution in [1.29, 1.82) is 0 Å². The first-order valence-corrected chi connectivity index (χ1v) is 9.28. The van der Waals surface area contributed by atoms with Gasteiger partial charge in [0.15, 0.2) is 0 Å². The van der Waals surface area contributed by atoms with E-state index < -0.39 is 31.9 Å². The molecule has 1 aliphatic heterocycles. The molecular weight excluding hydrogens is 375 g/mol. The summed E-state index contributed by atoms with van der Waals surface area (Å²) < 4.78 is 70.7. The van der Waals surface area contributed by atoms with Crippen molar-refractivity contribution in [2.24, 2.45) is 0 Å². The van der Waals surface area contributed by atoms with Gasteiger partial charge in [0.25, 0.3) is 9.84 Å². The highest BCUT2D eigenvalue weighted by molar-refractivity contribution is 7.92. The van der Waals surface area contributed by atoms with Crippen molar-refractivity contribution >= 4 is 15.9 Å². The smallest absolute Gasteiger partial charge is 0.444 e. The topological polar surface area (TPSA) is 72.9 Å². The Morgan fingerprint density at radius 3 is 2.15 bits per heavy atom. The second kappa shape index (κ2) is 7.07. The minimum Gasteiger partial charge on any atom is -0.444 e. The summed E-state index contributed by atoms with van der Waals surface area (Å²) >= 11 is 0. The highest BCUT2D eigenvalue weighted by Gasteiger charge is 2.46. The van der Waals surface area contributed by atoms with Crippen molar-refractivity contribution in [2.45, 2.75) is 49.5 Å². The molecule has 0 saturated carbocycles. The summed E-state index contributed by atoms with van der Waals surface area (Å²) in [6, 6.07) is 4.33. The van der Waals surface area contributed by atoms with Crippen LogP contribution in [0.5, 0.6) is 0 Å². The van der Waals surface area contributed by atoms with Crippen LogP contribution in [0.25, 0.3) is 0 Å². The lowest BCUT2D eigenvalue weighted by Gasteiger charge is -2.39. The molecule has 1 aromatic rings. The van der Waals surface area contributed by atoms with Crippen LogP contribution in [-0.4, -0.2) is 49.7 Å². The van der Waals surface area contributed by atoms with Crippen LogP contribution in [0.1, 0.15) is 26.3 Å². The Labute approximate surface area is 149 Å². The van der Waals surface area contributed by atoms with Crippen LogP contribution in [0.3, 0.4) is 0 Å². The molecule has 1 heterocycles. The second-order valence-corrected chi connectivity index (χ2v) is 8.85. The molecule has 1 fully saturated rings. The van der Waals surface area contributed by atoms with Gasteiger partial charge in [0.1, 0.15) is 5.60 Å². The molecule has 2 rings (SSSR count). The molecule has 6 nitrogen and oxygen atoms in total. The maximum Gasteiger partial charge on any atom is 0.501 e. The van der Waals surface area contributed by atoms with Crippen molar-refractivity contribution in [3.63, 3.8) is 0 Å². The Hall–Kier alpha value is -1.81. The van der Waals surface area contributed by atoms with Gasteiger partial charge in [0.05, 0.1) is 30.7 Å². The number of hydrogen-bond acceptors (Lipinski definition) is 5. The lowest BCUT2D eigenvalue weighted by atomic mass is 10.1. The Balaban J connectivity index is 1.83. The fourth-order valence-electron chi connectivity index (χ4n) is 2.13. The number of carbonyl (C=O) groups excluding carboxylic acids is 1. The van der Waals surface area contributed by atoms with Crippen LogP contribution < -0.4 is 0 Å². The van der Waals surface area contributed by atoms with Gasteiger partial charge in [-0.25, -0.2) is 13.2 Å². The molecule has 1 aromatic carbocycles. The largest absolute Gasteiger partial charge is 0.501 e. The van der Waals surface area contributed by atoms with Gasteiger partial charge in [-0.3, -0.25) is 0 Å². The van der Waals surface area contributed by atoms with Crippen molar-refractivity contribution in [3.05, 3.63) is 29.8 Å². The lowest BCUT2D eigenvalue weighted by Crippen LogP contribution is -2.55. The molecule has 0 spiro atoms. The lowest BCUT2D eigenvalue weighted by molar-refractivity contribution is -0.0691. The number of rotatable bonds is 4. The average molecular weight is 395 g/mol. The number of benzene rings is 1. The zero-order chi connectivity index (χ0) is 19.8. The fraction of sp³-hybridized carbons (Fsp3) is 0.562. The summed E-state index contributed by atoms with van der Waals surface area (Å²) in [4.78, 5) is 12.4. The third-order valence-electron chi connectivity index (χ3n) is 3.52. The molecule has 26 heavy (non-hydrogen) atoms. The number of carbonyl (C=O) groups is 1. The predicted octanol–water partition coefficient (Wildman–Crippen LogP) is 3.12. The first-order chi connectivity index (χ1) is 11.8. The van der Waals surface area contributed by atoms with Gasteiger partial charge in [-0.15, -0.1) is 0 Å². The summed E-state index contributed by atoms with van der Waals surface area (Å²) in [5, 5.41) is 0. The van der Waals surface area contributed by atoms with Crippen LogP contribution in [0.2, 0.25) is 0 Å². The van der Waals surface area contributed by atoms with E-state index in [4.69, 9.17) is 9.47 Å². The van der Waals surface area contributed by atoms with E-state index >= 15 is 0 Å². The maximum atomic E-state index is 12.5. The molecular formula is C16H20F3NO5S. The molecule has 0 unspecified atom stereocenters. The van der Waals surface area contributed by atoms with Gasteiger partial charge in [-0.05, 0) is 38.5 Å². The van der Waals surface area contributed by atoms with Crippen molar-refractivity contribution in [1.82, 2.24) is 4.90 Å². The molecule has 0 N–H and O–H groups in total. The minimum absolute atomic E-state index is 0.0964. The first kappa shape index (κ1) is 20.5. The molecule has 0 aliphatic carbocycles. The maximum absolute atomic E-state index is 12.5. The summed E-state index contributed by atoms with van der Waals surface area (Å²) in [5.41, 5.74) is -5.38. The molecule has 0 radical (unpaired) electrons. The van der Waals surface area contributed by atoms with Crippen LogP contribution in [0.15, 0.2) is 29.2 Å². The molecule has 10 heteroatoms. The van der Waals surface area contributed by atoms with Gasteiger partial charge < -0.3 is 14.4 Å². The van der Waals surface area contributed by atoms with Gasteiger partial charge in [-0.2, -0.15) is 13.2 Å². The van der Waals surface area contributed by atoms with E-state index in [9.17, 15) is 26.4 Å². The molecule has 1 amide bonds. The SMILES string of the molecule is CC(C)(C)OC(=O)N1CC(OCc2ccc(S(=O)(=O)C(F)(F)F)cc2)C1. The number of amides is 1. The molecule has 0 aromatic heterocycles. The van der Waals surface area contributed by atoms with E-state index in [-0.39, 0.29) is 12.7 Å². The monoisotopic (exact) mass is 395 g/mol. The molecule has 146 valence electrons. The van der Waals surface area contributed by atoms with E-state index in [2.05, 4.69) is 0 Å². The van der Waals surface area contributed by atoms with Crippen LogP contribution in [-0.2, 0) is 25.9 Å². The molecule has 0 bridgehead atoms. The predicted molar refractivity (Wildman–Crippen MR) is 86.1 cm³/mol.